The van der Waals surface area contributed by atoms with Crippen LogP contribution >= 0.6 is 0 Å². The molecular formula is C20H22N4O2. The molecule has 1 aliphatic heterocycles. The summed E-state index contributed by atoms with van der Waals surface area (Å²) in [5.41, 5.74) is 0.775. The van der Waals surface area contributed by atoms with Crippen molar-refractivity contribution >= 4 is 16.7 Å². The van der Waals surface area contributed by atoms with Gasteiger partial charge in [0.15, 0.2) is 0 Å². The summed E-state index contributed by atoms with van der Waals surface area (Å²) in [6.45, 7) is 6.83. The molecule has 0 saturated carbocycles. The zero-order valence-electron chi connectivity index (χ0n) is 15.1. The van der Waals surface area contributed by atoms with Crippen LogP contribution in [-0.4, -0.2) is 52.1 Å². The highest BCUT2D eigenvalue weighted by Crippen LogP contribution is 2.23. The number of amides is 1. The number of piperazine rings is 1. The van der Waals surface area contributed by atoms with E-state index in [9.17, 15) is 4.79 Å². The predicted molar refractivity (Wildman–Crippen MR) is 98.9 cm³/mol. The summed E-state index contributed by atoms with van der Waals surface area (Å²) >= 11 is 0. The van der Waals surface area contributed by atoms with Crippen molar-refractivity contribution in [2.24, 2.45) is 0 Å². The lowest BCUT2D eigenvalue weighted by atomic mass is 10.0. The topological polar surface area (TPSA) is 62.5 Å². The number of carbonyl (C=O) groups is 1. The fourth-order valence-electron chi connectivity index (χ4n) is 3.53. The van der Waals surface area contributed by atoms with Gasteiger partial charge >= 0.3 is 0 Å². The quantitative estimate of drug-likeness (QED) is 0.726. The average molecular weight is 350 g/mol. The van der Waals surface area contributed by atoms with Crippen LogP contribution in [0.4, 0.5) is 0 Å². The first-order valence-corrected chi connectivity index (χ1v) is 8.94. The van der Waals surface area contributed by atoms with Gasteiger partial charge in [0.05, 0.1) is 6.04 Å². The maximum Gasteiger partial charge on any atom is 0.254 e. The summed E-state index contributed by atoms with van der Waals surface area (Å²) in [4.78, 5) is 17.2. The molecule has 0 spiro atoms. The highest BCUT2D eigenvalue weighted by molar-refractivity contribution is 6.07. The van der Waals surface area contributed by atoms with E-state index in [1.165, 1.54) is 0 Å². The number of aryl methyl sites for hydroxylation is 1. The third-order valence-corrected chi connectivity index (χ3v) is 5.07. The van der Waals surface area contributed by atoms with Crippen LogP contribution in [0.25, 0.3) is 10.8 Å². The van der Waals surface area contributed by atoms with Crippen molar-refractivity contribution < 1.29 is 9.21 Å². The molecule has 26 heavy (non-hydrogen) atoms. The van der Waals surface area contributed by atoms with Crippen molar-refractivity contribution in [2.75, 3.05) is 26.2 Å². The van der Waals surface area contributed by atoms with Gasteiger partial charge in [-0.2, -0.15) is 0 Å². The van der Waals surface area contributed by atoms with Crippen molar-refractivity contribution in [1.82, 2.24) is 20.0 Å². The van der Waals surface area contributed by atoms with Crippen LogP contribution in [0.2, 0.25) is 0 Å². The van der Waals surface area contributed by atoms with E-state index >= 15 is 0 Å². The standard InChI is InChI=1S/C20H22N4O2/c1-14(19-22-21-15(2)26-19)23-10-12-24(13-11-23)20(25)18-9-5-7-16-6-3-4-8-17(16)18/h3-9,14H,10-13H2,1-2H3/t14-/m0/s1. The molecule has 1 atom stereocenters. The Morgan fingerprint density at radius 2 is 1.77 bits per heavy atom. The Balaban J connectivity index is 1.46. The monoisotopic (exact) mass is 350 g/mol. The number of hydrogen-bond acceptors (Lipinski definition) is 5. The molecule has 0 aliphatic carbocycles. The molecule has 6 nitrogen and oxygen atoms in total. The molecule has 2 aromatic carbocycles. The van der Waals surface area contributed by atoms with E-state index in [1.807, 2.05) is 47.4 Å². The second-order valence-corrected chi connectivity index (χ2v) is 6.69. The second kappa shape index (κ2) is 6.88. The van der Waals surface area contributed by atoms with Gasteiger partial charge in [0.25, 0.3) is 5.91 Å². The van der Waals surface area contributed by atoms with E-state index in [-0.39, 0.29) is 11.9 Å². The van der Waals surface area contributed by atoms with E-state index in [1.54, 1.807) is 6.92 Å². The van der Waals surface area contributed by atoms with Crippen LogP contribution in [-0.2, 0) is 0 Å². The molecule has 0 bridgehead atoms. The van der Waals surface area contributed by atoms with Gasteiger partial charge < -0.3 is 9.32 Å². The lowest BCUT2D eigenvalue weighted by Gasteiger charge is -2.37. The van der Waals surface area contributed by atoms with Crippen molar-refractivity contribution in [1.29, 1.82) is 0 Å². The minimum Gasteiger partial charge on any atom is -0.424 e. The number of rotatable bonds is 3. The number of fused-ring (bicyclic) bond motifs is 1. The van der Waals surface area contributed by atoms with E-state index in [0.29, 0.717) is 24.9 Å². The van der Waals surface area contributed by atoms with Crippen LogP contribution in [0.5, 0.6) is 0 Å². The van der Waals surface area contributed by atoms with Gasteiger partial charge in [-0.1, -0.05) is 36.4 Å². The van der Waals surface area contributed by atoms with Crippen molar-refractivity contribution in [2.45, 2.75) is 19.9 Å². The van der Waals surface area contributed by atoms with E-state index in [0.717, 1.165) is 29.4 Å². The summed E-state index contributed by atoms with van der Waals surface area (Å²) in [7, 11) is 0. The number of hydrogen-bond donors (Lipinski definition) is 0. The van der Waals surface area contributed by atoms with Crippen LogP contribution in [0, 0.1) is 6.92 Å². The molecule has 1 fully saturated rings. The fourth-order valence-corrected chi connectivity index (χ4v) is 3.53. The number of nitrogens with zero attached hydrogens (tertiary/aromatic N) is 4. The maximum absolute atomic E-state index is 13.0. The third-order valence-electron chi connectivity index (χ3n) is 5.07. The van der Waals surface area contributed by atoms with Crippen LogP contribution < -0.4 is 0 Å². The van der Waals surface area contributed by atoms with Gasteiger partial charge in [-0.05, 0) is 23.8 Å². The molecule has 4 rings (SSSR count). The molecule has 2 heterocycles. The summed E-state index contributed by atoms with van der Waals surface area (Å²) in [5, 5.41) is 10.1. The number of aromatic nitrogens is 2. The average Bonchev–Trinajstić information content (AvgIpc) is 3.13. The molecule has 1 amide bonds. The summed E-state index contributed by atoms with van der Waals surface area (Å²) < 4.78 is 5.55. The lowest BCUT2D eigenvalue weighted by molar-refractivity contribution is 0.0559. The van der Waals surface area contributed by atoms with Gasteiger partial charge in [-0.15, -0.1) is 10.2 Å². The predicted octanol–water partition coefficient (Wildman–Crippen LogP) is 3.05. The molecule has 0 radical (unpaired) electrons. The first-order valence-electron chi connectivity index (χ1n) is 8.94. The first kappa shape index (κ1) is 16.7. The second-order valence-electron chi connectivity index (χ2n) is 6.69. The smallest absolute Gasteiger partial charge is 0.254 e. The van der Waals surface area contributed by atoms with Crippen LogP contribution in [0.1, 0.15) is 35.1 Å². The molecule has 0 N–H and O–H groups in total. The largest absolute Gasteiger partial charge is 0.424 e. The lowest BCUT2D eigenvalue weighted by Crippen LogP contribution is -2.49. The number of carbonyl (C=O) groups excluding carboxylic acids is 1. The van der Waals surface area contributed by atoms with Crippen LogP contribution in [0.3, 0.4) is 0 Å². The molecule has 3 aromatic rings. The Morgan fingerprint density at radius 3 is 2.50 bits per heavy atom. The zero-order chi connectivity index (χ0) is 18.1. The molecular weight excluding hydrogens is 328 g/mol. The van der Waals surface area contributed by atoms with E-state index in [2.05, 4.69) is 22.0 Å². The highest BCUT2D eigenvalue weighted by Gasteiger charge is 2.28. The Morgan fingerprint density at radius 1 is 1.04 bits per heavy atom. The Labute approximate surface area is 152 Å². The molecule has 1 aromatic heterocycles. The summed E-state index contributed by atoms with van der Waals surface area (Å²) in [6, 6.07) is 14.0. The molecule has 6 heteroatoms. The Bertz CT molecular complexity index is 923. The zero-order valence-corrected chi connectivity index (χ0v) is 15.1. The Kier molecular flexibility index (Phi) is 4.42. The molecule has 1 aliphatic rings. The van der Waals surface area contributed by atoms with Gasteiger partial charge in [0.1, 0.15) is 0 Å². The van der Waals surface area contributed by atoms with Gasteiger partial charge in [0, 0.05) is 38.7 Å². The van der Waals surface area contributed by atoms with E-state index < -0.39 is 0 Å². The van der Waals surface area contributed by atoms with Gasteiger partial charge in [0.2, 0.25) is 11.8 Å². The van der Waals surface area contributed by atoms with Crippen molar-refractivity contribution in [3.05, 3.63) is 59.8 Å². The fraction of sp³-hybridized carbons (Fsp3) is 0.350. The molecule has 134 valence electrons. The van der Waals surface area contributed by atoms with E-state index in [4.69, 9.17) is 4.42 Å². The van der Waals surface area contributed by atoms with Crippen molar-refractivity contribution in [3.8, 4) is 0 Å². The Hall–Kier alpha value is -2.73. The number of benzene rings is 2. The first-order chi connectivity index (χ1) is 12.6. The van der Waals surface area contributed by atoms with Crippen LogP contribution in [0.15, 0.2) is 46.9 Å². The summed E-state index contributed by atoms with van der Waals surface area (Å²) in [6.07, 6.45) is 0. The van der Waals surface area contributed by atoms with Gasteiger partial charge in [-0.25, -0.2) is 0 Å². The summed E-state index contributed by atoms with van der Waals surface area (Å²) in [5.74, 6) is 1.32. The third kappa shape index (κ3) is 3.08. The normalized spacial score (nSPS) is 16.8. The minimum absolute atomic E-state index is 0.0611. The van der Waals surface area contributed by atoms with Crippen molar-refractivity contribution in [3.63, 3.8) is 0 Å². The molecule has 1 saturated heterocycles. The molecule has 0 unspecified atom stereocenters. The van der Waals surface area contributed by atoms with Gasteiger partial charge in [-0.3, -0.25) is 9.69 Å². The SMILES string of the molecule is Cc1nnc([C@H](C)N2CCN(C(=O)c3cccc4ccccc34)CC2)o1. The maximum atomic E-state index is 13.0. The minimum atomic E-state index is 0.0611. The highest BCUT2D eigenvalue weighted by atomic mass is 16.4.